The number of anilines is 1. The molecule has 0 N–H and O–H groups in total. The van der Waals surface area contributed by atoms with Gasteiger partial charge in [0.05, 0.1) is 23.9 Å². The van der Waals surface area contributed by atoms with Gasteiger partial charge in [0, 0.05) is 13.6 Å². The third kappa shape index (κ3) is 2.96. The molecule has 1 heterocycles. The first-order valence-electron chi connectivity index (χ1n) is 4.64. The van der Waals surface area contributed by atoms with E-state index in [1.807, 2.05) is 31.0 Å². The second-order valence-corrected chi connectivity index (χ2v) is 3.42. The average Bonchev–Trinajstić information content (AvgIpc) is 2.29. The molecule has 76 valence electrons. The summed E-state index contributed by atoms with van der Waals surface area (Å²) in [4.78, 5) is 5.91. The van der Waals surface area contributed by atoms with E-state index in [2.05, 4.69) is 11.1 Å². The zero-order valence-electron chi connectivity index (χ0n) is 8.81. The SMILES string of the molecule is CC(C#N)CN(C)c1ccc(C#N)nc1. The van der Waals surface area contributed by atoms with Crippen molar-refractivity contribution < 1.29 is 0 Å². The highest BCUT2D eigenvalue weighted by Crippen LogP contribution is 2.12. The molecule has 0 radical (unpaired) electrons. The molecule has 1 rings (SSSR count). The van der Waals surface area contributed by atoms with Crippen LogP contribution in [0.3, 0.4) is 0 Å². The van der Waals surface area contributed by atoms with Gasteiger partial charge >= 0.3 is 0 Å². The molecule has 0 aliphatic rings. The van der Waals surface area contributed by atoms with Crippen molar-refractivity contribution in [2.45, 2.75) is 6.92 Å². The highest BCUT2D eigenvalue weighted by Gasteiger charge is 2.06. The molecule has 0 amide bonds. The van der Waals surface area contributed by atoms with Gasteiger partial charge in [-0.05, 0) is 19.1 Å². The number of hydrogen-bond acceptors (Lipinski definition) is 4. The van der Waals surface area contributed by atoms with Crippen molar-refractivity contribution >= 4 is 5.69 Å². The molecule has 0 bridgehead atoms. The molecule has 4 heteroatoms. The minimum atomic E-state index is -0.0226. The first kappa shape index (κ1) is 11.0. The first-order valence-corrected chi connectivity index (χ1v) is 4.64. The molecule has 15 heavy (non-hydrogen) atoms. The number of nitrogens with zero attached hydrogens (tertiary/aromatic N) is 4. The summed E-state index contributed by atoms with van der Waals surface area (Å²) in [6.07, 6.45) is 1.64. The summed E-state index contributed by atoms with van der Waals surface area (Å²) in [7, 11) is 1.90. The monoisotopic (exact) mass is 200 g/mol. The molecular formula is C11H12N4. The van der Waals surface area contributed by atoms with Gasteiger partial charge in [-0.2, -0.15) is 10.5 Å². The van der Waals surface area contributed by atoms with Crippen LogP contribution in [-0.2, 0) is 0 Å². The quantitative estimate of drug-likeness (QED) is 0.742. The van der Waals surface area contributed by atoms with Gasteiger partial charge in [0.15, 0.2) is 0 Å². The molecule has 0 fully saturated rings. The van der Waals surface area contributed by atoms with Crippen molar-refractivity contribution in [3.8, 4) is 12.1 Å². The van der Waals surface area contributed by atoms with E-state index in [1.54, 1.807) is 12.3 Å². The highest BCUT2D eigenvalue weighted by atomic mass is 15.1. The number of rotatable bonds is 3. The zero-order chi connectivity index (χ0) is 11.3. The Morgan fingerprint density at radius 3 is 2.67 bits per heavy atom. The molecule has 0 saturated carbocycles. The highest BCUT2D eigenvalue weighted by molar-refractivity contribution is 5.45. The van der Waals surface area contributed by atoms with Gasteiger partial charge in [-0.3, -0.25) is 0 Å². The van der Waals surface area contributed by atoms with Crippen LogP contribution in [0.2, 0.25) is 0 Å². The molecule has 0 aliphatic heterocycles. The van der Waals surface area contributed by atoms with Gasteiger partial charge in [-0.1, -0.05) is 0 Å². The summed E-state index contributed by atoms with van der Waals surface area (Å²) in [6.45, 7) is 2.53. The smallest absolute Gasteiger partial charge is 0.140 e. The third-order valence-corrected chi connectivity index (χ3v) is 2.07. The van der Waals surface area contributed by atoms with E-state index in [1.165, 1.54) is 0 Å². The molecule has 1 unspecified atom stereocenters. The molecule has 0 aliphatic carbocycles. The topological polar surface area (TPSA) is 63.7 Å². The second-order valence-electron chi connectivity index (χ2n) is 3.42. The number of pyridine rings is 1. The molecular weight excluding hydrogens is 188 g/mol. The Morgan fingerprint density at radius 2 is 2.20 bits per heavy atom. The fourth-order valence-corrected chi connectivity index (χ4v) is 1.24. The summed E-state index contributed by atoms with van der Waals surface area (Å²) in [5, 5.41) is 17.3. The van der Waals surface area contributed by atoms with Crippen molar-refractivity contribution in [2.75, 3.05) is 18.5 Å². The predicted octanol–water partition coefficient (Wildman–Crippen LogP) is 1.55. The van der Waals surface area contributed by atoms with E-state index in [9.17, 15) is 0 Å². The van der Waals surface area contributed by atoms with E-state index in [0.29, 0.717) is 12.2 Å². The molecule has 1 aromatic rings. The van der Waals surface area contributed by atoms with Crippen molar-refractivity contribution in [3.05, 3.63) is 24.0 Å². The summed E-state index contributed by atoms with van der Waals surface area (Å²) in [5.41, 5.74) is 1.32. The van der Waals surface area contributed by atoms with Gasteiger partial charge < -0.3 is 4.90 Å². The van der Waals surface area contributed by atoms with Crippen LogP contribution in [0, 0.1) is 28.6 Å². The van der Waals surface area contributed by atoms with Gasteiger partial charge in [0.25, 0.3) is 0 Å². The molecule has 0 saturated heterocycles. The Bertz CT molecular complexity index is 396. The summed E-state index contributed by atoms with van der Waals surface area (Å²) >= 11 is 0. The maximum atomic E-state index is 8.68. The lowest BCUT2D eigenvalue weighted by atomic mass is 10.2. The Balaban J connectivity index is 2.71. The Labute approximate surface area is 89.4 Å². The van der Waals surface area contributed by atoms with Crippen LogP contribution in [0.5, 0.6) is 0 Å². The van der Waals surface area contributed by atoms with Gasteiger partial charge in [-0.25, -0.2) is 4.98 Å². The van der Waals surface area contributed by atoms with E-state index < -0.39 is 0 Å². The fourth-order valence-electron chi connectivity index (χ4n) is 1.24. The standard InChI is InChI=1S/C11H12N4/c1-9(5-12)8-15(2)11-4-3-10(6-13)14-7-11/h3-4,7,9H,8H2,1-2H3. The Morgan fingerprint density at radius 1 is 1.47 bits per heavy atom. The Kier molecular flexibility index (Phi) is 3.65. The number of hydrogen-bond donors (Lipinski definition) is 0. The van der Waals surface area contributed by atoms with E-state index in [0.717, 1.165) is 5.69 Å². The van der Waals surface area contributed by atoms with Gasteiger partial charge in [0.1, 0.15) is 11.8 Å². The predicted molar refractivity (Wildman–Crippen MR) is 57.0 cm³/mol. The fraction of sp³-hybridized carbons (Fsp3) is 0.364. The Hall–Kier alpha value is -2.07. The lowest BCUT2D eigenvalue weighted by molar-refractivity contribution is 0.715. The van der Waals surface area contributed by atoms with Crippen molar-refractivity contribution in [2.24, 2.45) is 5.92 Å². The normalized spacial score (nSPS) is 11.2. The first-order chi connectivity index (χ1) is 7.17. The minimum absolute atomic E-state index is 0.0226. The lowest BCUT2D eigenvalue weighted by Crippen LogP contribution is -2.23. The molecule has 0 spiro atoms. The minimum Gasteiger partial charge on any atom is -0.372 e. The lowest BCUT2D eigenvalue weighted by Gasteiger charge is -2.19. The maximum Gasteiger partial charge on any atom is 0.140 e. The van der Waals surface area contributed by atoms with Crippen LogP contribution in [0.25, 0.3) is 0 Å². The summed E-state index contributed by atoms with van der Waals surface area (Å²) < 4.78 is 0. The average molecular weight is 200 g/mol. The largest absolute Gasteiger partial charge is 0.372 e. The van der Waals surface area contributed by atoms with Crippen LogP contribution < -0.4 is 4.90 Å². The third-order valence-electron chi connectivity index (χ3n) is 2.07. The summed E-state index contributed by atoms with van der Waals surface area (Å²) in [6, 6.07) is 7.64. The van der Waals surface area contributed by atoms with Gasteiger partial charge in [-0.15, -0.1) is 0 Å². The maximum absolute atomic E-state index is 8.68. The molecule has 0 aromatic carbocycles. The van der Waals surface area contributed by atoms with E-state index in [-0.39, 0.29) is 5.92 Å². The number of nitriles is 2. The summed E-state index contributed by atoms with van der Waals surface area (Å²) in [5.74, 6) is -0.0226. The van der Waals surface area contributed by atoms with Crippen LogP contribution in [-0.4, -0.2) is 18.6 Å². The second kappa shape index (κ2) is 4.97. The van der Waals surface area contributed by atoms with Crippen LogP contribution >= 0.6 is 0 Å². The van der Waals surface area contributed by atoms with Gasteiger partial charge in [0.2, 0.25) is 0 Å². The molecule has 4 nitrogen and oxygen atoms in total. The molecule has 1 aromatic heterocycles. The zero-order valence-corrected chi connectivity index (χ0v) is 8.81. The molecule has 1 atom stereocenters. The van der Waals surface area contributed by atoms with Crippen LogP contribution in [0.4, 0.5) is 5.69 Å². The van der Waals surface area contributed by atoms with E-state index >= 15 is 0 Å². The van der Waals surface area contributed by atoms with Crippen molar-refractivity contribution in [1.29, 1.82) is 10.5 Å². The van der Waals surface area contributed by atoms with E-state index in [4.69, 9.17) is 10.5 Å². The van der Waals surface area contributed by atoms with Crippen LogP contribution in [0.1, 0.15) is 12.6 Å². The van der Waals surface area contributed by atoms with Crippen LogP contribution in [0.15, 0.2) is 18.3 Å². The van der Waals surface area contributed by atoms with Crippen molar-refractivity contribution in [3.63, 3.8) is 0 Å². The number of aromatic nitrogens is 1. The van der Waals surface area contributed by atoms with Crippen molar-refractivity contribution in [1.82, 2.24) is 4.98 Å².